The molecule has 0 aliphatic carbocycles. The monoisotopic (exact) mass is 288 g/mol. The number of nitrogens with two attached hydrogens (primary N) is 1. The number of hydrogen-bond acceptors (Lipinski definition) is 3. The van der Waals surface area contributed by atoms with E-state index in [2.05, 4.69) is 10.4 Å². The lowest BCUT2D eigenvalue weighted by molar-refractivity contribution is -0.121. The Labute approximate surface area is 121 Å². The number of carbonyl (C=O) groups excluding carboxylic acids is 1. The van der Waals surface area contributed by atoms with E-state index in [1.807, 2.05) is 16.9 Å². The Bertz CT molecular complexity index is 316. The molecule has 0 saturated carbocycles. The Hall–Kier alpha value is -1.07. The number of rotatable bonds is 10. The number of amides is 1. The lowest BCUT2D eigenvalue weighted by atomic mass is 10.1. The summed E-state index contributed by atoms with van der Waals surface area (Å²) >= 11 is 0. The van der Waals surface area contributed by atoms with Crippen LogP contribution in [0.5, 0.6) is 0 Å². The predicted octanol–water partition coefficient (Wildman–Crippen LogP) is 1.72. The summed E-state index contributed by atoms with van der Waals surface area (Å²) in [6.45, 7) is 2.32. The number of aryl methyl sites for hydroxylation is 1. The number of nitrogens with one attached hydrogen (secondary N) is 1. The molecule has 1 amide bonds. The molecule has 19 heavy (non-hydrogen) atoms. The largest absolute Gasteiger partial charge is 0.356 e. The smallest absolute Gasteiger partial charge is 0.219 e. The van der Waals surface area contributed by atoms with E-state index >= 15 is 0 Å². The van der Waals surface area contributed by atoms with Crippen molar-refractivity contribution in [2.75, 3.05) is 13.1 Å². The molecule has 1 aromatic rings. The SMILES string of the molecule is Cl.NCCCCCCC(=O)NCCCn1cccn1. The second kappa shape index (κ2) is 12.0. The van der Waals surface area contributed by atoms with Gasteiger partial charge in [0, 0.05) is 31.9 Å². The number of nitrogens with zero attached hydrogens (tertiary/aromatic N) is 2. The minimum Gasteiger partial charge on any atom is -0.356 e. The van der Waals surface area contributed by atoms with Crippen LogP contribution in [0.3, 0.4) is 0 Å². The van der Waals surface area contributed by atoms with Crippen molar-refractivity contribution in [1.82, 2.24) is 15.1 Å². The topological polar surface area (TPSA) is 72.9 Å². The molecule has 1 rings (SSSR count). The first kappa shape index (κ1) is 17.9. The normalized spacial score (nSPS) is 9.95. The van der Waals surface area contributed by atoms with Crippen molar-refractivity contribution >= 4 is 18.3 Å². The molecule has 0 unspecified atom stereocenters. The molecule has 1 heterocycles. The van der Waals surface area contributed by atoms with Crippen LogP contribution in [0.2, 0.25) is 0 Å². The molecule has 110 valence electrons. The molecular weight excluding hydrogens is 264 g/mol. The van der Waals surface area contributed by atoms with E-state index < -0.39 is 0 Å². The summed E-state index contributed by atoms with van der Waals surface area (Å²) < 4.78 is 1.87. The van der Waals surface area contributed by atoms with E-state index in [0.717, 1.165) is 51.7 Å². The average molecular weight is 289 g/mol. The highest BCUT2D eigenvalue weighted by Gasteiger charge is 2.00. The highest BCUT2D eigenvalue weighted by molar-refractivity contribution is 5.85. The average Bonchev–Trinajstić information content (AvgIpc) is 2.87. The maximum Gasteiger partial charge on any atom is 0.219 e. The molecule has 0 radical (unpaired) electrons. The Morgan fingerprint density at radius 3 is 2.68 bits per heavy atom. The van der Waals surface area contributed by atoms with Gasteiger partial charge >= 0.3 is 0 Å². The van der Waals surface area contributed by atoms with Gasteiger partial charge in [0.05, 0.1) is 0 Å². The van der Waals surface area contributed by atoms with E-state index in [-0.39, 0.29) is 18.3 Å². The molecule has 0 atom stereocenters. The van der Waals surface area contributed by atoms with Crippen molar-refractivity contribution in [2.24, 2.45) is 5.73 Å². The van der Waals surface area contributed by atoms with E-state index in [1.165, 1.54) is 0 Å². The lowest BCUT2D eigenvalue weighted by Gasteiger charge is -2.05. The van der Waals surface area contributed by atoms with Crippen LogP contribution in [0, 0.1) is 0 Å². The Morgan fingerprint density at radius 1 is 1.21 bits per heavy atom. The van der Waals surface area contributed by atoms with E-state index in [0.29, 0.717) is 6.42 Å². The van der Waals surface area contributed by atoms with Crippen LogP contribution in [-0.4, -0.2) is 28.8 Å². The fourth-order valence-electron chi connectivity index (χ4n) is 1.77. The van der Waals surface area contributed by atoms with Crippen molar-refractivity contribution in [3.05, 3.63) is 18.5 Å². The van der Waals surface area contributed by atoms with Gasteiger partial charge in [-0.05, 0) is 31.9 Å². The molecule has 0 aliphatic heterocycles. The summed E-state index contributed by atoms with van der Waals surface area (Å²) in [6, 6.07) is 1.90. The van der Waals surface area contributed by atoms with Crippen molar-refractivity contribution in [3.8, 4) is 0 Å². The molecule has 5 nitrogen and oxygen atoms in total. The van der Waals surface area contributed by atoms with Crippen molar-refractivity contribution in [2.45, 2.75) is 45.1 Å². The number of halogens is 1. The molecule has 0 aromatic carbocycles. The molecule has 0 bridgehead atoms. The van der Waals surface area contributed by atoms with Gasteiger partial charge in [-0.15, -0.1) is 12.4 Å². The van der Waals surface area contributed by atoms with Crippen LogP contribution in [0.15, 0.2) is 18.5 Å². The standard InChI is InChI=1S/C13H24N4O.ClH/c14-8-4-2-1-3-7-13(18)15-9-5-11-17-12-6-10-16-17;/h6,10,12H,1-5,7-9,11,14H2,(H,15,18);1H. The first-order valence-corrected chi connectivity index (χ1v) is 6.77. The third kappa shape index (κ3) is 9.50. The molecule has 0 aliphatic rings. The van der Waals surface area contributed by atoms with Crippen LogP contribution in [0.1, 0.15) is 38.5 Å². The van der Waals surface area contributed by atoms with Crippen LogP contribution < -0.4 is 11.1 Å². The molecule has 1 aromatic heterocycles. The zero-order chi connectivity index (χ0) is 13.1. The molecule has 0 saturated heterocycles. The van der Waals surface area contributed by atoms with Gasteiger partial charge in [0.25, 0.3) is 0 Å². The number of hydrogen-bond donors (Lipinski definition) is 2. The van der Waals surface area contributed by atoms with E-state index in [4.69, 9.17) is 5.73 Å². The highest BCUT2D eigenvalue weighted by atomic mass is 35.5. The third-order valence-corrected chi connectivity index (χ3v) is 2.80. The zero-order valence-corrected chi connectivity index (χ0v) is 12.2. The van der Waals surface area contributed by atoms with Gasteiger partial charge in [-0.25, -0.2) is 0 Å². The Morgan fingerprint density at radius 2 is 2.00 bits per heavy atom. The van der Waals surface area contributed by atoms with Crippen LogP contribution in [-0.2, 0) is 11.3 Å². The van der Waals surface area contributed by atoms with Gasteiger partial charge in [0.2, 0.25) is 5.91 Å². The highest BCUT2D eigenvalue weighted by Crippen LogP contribution is 2.01. The van der Waals surface area contributed by atoms with Crippen LogP contribution in [0.25, 0.3) is 0 Å². The second-order valence-electron chi connectivity index (χ2n) is 4.43. The molecule has 6 heteroatoms. The molecule has 0 fully saturated rings. The number of aromatic nitrogens is 2. The maximum absolute atomic E-state index is 11.5. The van der Waals surface area contributed by atoms with Crippen molar-refractivity contribution in [1.29, 1.82) is 0 Å². The summed E-state index contributed by atoms with van der Waals surface area (Å²) in [5.74, 6) is 0.156. The fourth-order valence-corrected chi connectivity index (χ4v) is 1.77. The predicted molar refractivity (Wildman–Crippen MR) is 79.2 cm³/mol. The van der Waals surface area contributed by atoms with Gasteiger partial charge in [-0.2, -0.15) is 5.10 Å². The maximum atomic E-state index is 11.5. The summed E-state index contributed by atoms with van der Waals surface area (Å²) in [6.07, 6.45) is 9.49. The molecular formula is C13H25ClN4O. The van der Waals surface area contributed by atoms with E-state index in [1.54, 1.807) is 6.20 Å². The van der Waals surface area contributed by atoms with Crippen LogP contribution in [0.4, 0.5) is 0 Å². The first-order valence-electron chi connectivity index (χ1n) is 6.77. The summed E-state index contributed by atoms with van der Waals surface area (Å²) in [5, 5.41) is 7.04. The van der Waals surface area contributed by atoms with Gasteiger partial charge in [-0.1, -0.05) is 12.8 Å². The number of unbranched alkanes of at least 4 members (excludes halogenated alkanes) is 3. The third-order valence-electron chi connectivity index (χ3n) is 2.80. The molecule has 3 N–H and O–H groups in total. The van der Waals surface area contributed by atoms with Gasteiger partial charge in [0.15, 0.2) is 0 Å². The van der Waals surface area contributed by atoms with Gasteiger partial charge in [-0.3, -0.25) is 9.48 Å². The van der Waals surface area contributed by atoms with Gasteiger partial charge < -0.3 is 11.1 Å². The molecule has 0 spiro atoms. The minimum atomic E-state index is 0. The summed E-state index contributed by atoms with van der Waals surface area (Å²) in [5.41, 5.74) is 5.41. The number of carbonyl (C=O) groups is 1. The van der Waals surface area contributed by atoms with Crippen molar-refractivity contribution < 1.29 is 4.79 Å². The Kier molecular flexibility index (Phi) is 11.3. The van der Waals surface area contributed by atoms with Crippen molar-refractivity contribution in [3.63, 3.8) is 0 Å². The second-order valence-corrected chi connectivity index (χ2v) is 4.43. The van der Waals surface area contributed by atoms with Crippen LogP contribution >= 0.6 is 12.4 Å². The minimum absolute atomic E-state index is 0. The zero-order valence-electron chi connectivity index (χ0n) is 11.4. The van der Waals surface area contributed by atoms with E-state index in [9.17, 15) is 4.79 Å². The first-order chi connectivity index (χ1) is 8.83. The summed E-state index contributed by atoms with van der Waals surface area (Å²) in [4.78, 5) is 11.5. The lowest BCUT2D eigenvalue weighted by Crippen LogP contribution is -2.24. The Balaban J connectivity index is 0.00000324. The van der Waals surface area contributed by atoms with Gasteiger partial charge in [0.1, 0.15) is 0 Å². The summed E-state index contributed by atoms with van der Waals surface area (Å²) in [7, 11) is 0. The fraction of sp³-hybridized carbons (Fsp3) is 0.692. The quantitative estimate of drug-likeness (QED) is 0.644.